The average Bonchev–Trinajstić information content (AvgIpc) is 3.07. The van der Waals surface area contributed by atoms with E-state index in [0.29, 0.717) is 32.2 Å². The minimum absolute atomic E-state index is 0.245. The number of hydrogen-bond acceptors (Lipinski definition) is 6. The molecule has 0 aliphatic heterocycles. The molecule has 0 saturated carbocycles. The lowest BCUT2D eigenvalue weighted by molar-refractivity contribution is -0.136. The van der Waals surface area contributed by atoms with Crippen LogP contribution in [-0.2, 0) is 4.79 Å². The predicted molar refractivity (Wildman–Crippen MR) is 108 cm³/mol. The number of ether oxygens (including phenoxy) is 2. The molecule has 0 N–H and O–H groups in total. The molecule has 0 aliphatic carbocycles. The molecule has 0 bridgehead atoms. The fourth-order valence-corrected chi connectivity index (χ4v) is 3.67. The van der Waals surface area contributed by atoms with Crippen LogP contribution >= 0.6 is 22.9 Å². The first kappa shape index (κ1) is 18.3. The van der Waals surface area contributed by atoms with Crippen LogP contribution < -0.4 is 14.4 Å². The van der Waals surface area contributed by atoms with Crippen LogP contribution in [0.2, 0.25) is 5.02 Å². The van der Waals surface area contributed by atoms with Crippen LogP contribution in [0.1, 0.15) is 0 Å². The van der Waals surface area contributed by atoms with Crippen molar-refractivity contribution in [2.24, 2.45) is 0 Å². The van der Waals surface area contributed by atoms with Gasteiger partial charge in [0.25, 0.3) is 0 Å². The molecule has 0 saturated heterocycles. The SMILES string of the molecule is O=C(COc1ccccc1)Oc1cc(-c2ccccc2Cl)c2oc(=O)sc2c1. The molecule has 4 rings (SSSR count). The second-order valence-electron chi connectivity index (χ2n) is 5.81. The Hall–Kier alpha value is -3.09. The first-order chi connectivity index (χ1) is 13.6. The second kappa shape index (κ2) is 7.88. The summed E-state index contributed by atoms with van der Waals surface area (Å²) >= 11 is 7.23. The normalized spacial score (nSPS) is 10.8. The smallest absolute Gasteiger partial charge is 0.396 e. The zero-order valence-electron chi connectivity index (χ0n) is 14.4. The summed E-state index contributed by atoms with van der Waals surface area (Å²) in [5.41, 5.74) is 1.66. The molecular weight excluding hydrogens is 400 g/mol. The van der Waals surface area contributed by atoms with Crippen molar-refractivity contribution in [3.8, 4) is 22.6 Å². The molecule has 1 aromatic heterocycles. The lowest BCUT2D eigenvalue weighted by Crippen LogP contribution is -2.17. The number of hydrogen-bond donors (Lipinski definition) is 0. The van der Waals surface area contributed by atoms with Gasteiger partial charge in [-0.3, -0.25) is 0 Å². The van der Waals surface area contributed by atoms with Crippen LogP contribution in [0.5, 0.6) is 11.5 Å². The lowest BCUT2D eigenvalue weighted by Gasteiger charge is -2.09. The lowest BCUT2D eigenvalue weighted by atomic mass is 10.0. The Morgan fingerprint density at radius 1 is 0.964 bits per heavy atom. The molecule has 7 heteroatoms. The van der Waals surface area contributed by atoms with E-state index in [0.717, 1.165) is 11.3 Å². The van der Waals surface area contributed by atoms with Gasteiger partial charge >= 0.3 is 10.9 Å². The largest absolute Gasteiger partial charge is 0.482 e. The van der Waals surface area contributed by atoms with Crippen LogP contribution in [0.25, 0.3) is 21.4 Å². The van der Waals surface area contributed by atoms with Crippen molar-refractivity contribution in [2.75, 3.05) is 6.61 Å². The Kier molecular flexibility index (Phi) is 5.14. The zero-order chi connectivity index (χ0) is 19.5. The van der Waals surface area contributed by atoms with Crippen molar-refractivity contribution < 1.29 is 18.7 Å². The molecule has 0 amide bonds. The number of para-hydroxylation sites is 1. The molecule has 0 atom stereocenters. The van der Waals surface area contributed by atoms with Gasteiger partial charge in [-0.05, 0) is 24.3 Å². The zero-order valence-corrected chi connectivity index (χ0v) is 16.0. The van der Waals surface area contributed by atoms with Gasteiger partial charge in [0.15, 0.2) is 12.2 Å². The maximum Gasteiger partial charge on any atom is 0.396 e. The molecule has 0 fully saturated rings. The molecule has 0 radical (unpaired) electrons. The van der Waals surface area contributed by atoms with Crippen molar-refractivity contribution in [2.45, 2.75) is 0 Å². The first-order valence-electron chi connectivity index (χ1n) is 8.31. The van der Waals surface area contributed by atoms with Gasteiger partial charge in [-0.25, -0.2) is 9.59 Å². The second-order valence-corrected chi connectivity index (χ2v) is 7.19. The number of fused-ring (bicyclic) bond motifs is 1. The minimum Gasteiger partial charge on any atom is -0.482 e. The molecule has 0 aliphatic rings. The summed E-state index contributed by atoms with van der Waals surface area (Å²) in [6.45, 7) is -0.245. The molecule has 0 spiro atoms. The van der Waals surface area contributed by atoms with Gasteiger partial charge in [-0.1, -0.05) is 59.3 Å². The van der Waals surface area contributed by atoms with Crippen molar-refractivity contribution in [1.82, 2.24) is 0 Å². The Morgan fingerprint density at radius 3 is 2.50 bits per heavy atom. The average molecular weight is 413 g/mol. The topological polar surface area (TPSA) is 65.7 Å². The van der Waals surface area contributed by atoms with Gasteiger partial charge in [-0.15, -0.1) is 0 Å². The van der Waals surface area contributed by atoms with Gasteiger partial charge in [0.05, 0.1) is 4.70 Å². The van der Waals surface area contributed by atoms with E-state index in [1.54, 1.807) is 42.5 Å². The summed E-state index contributed by atoms with van der Waals surface area (Å²) in [7, 11) is 0. The quantitative estimate of drug-likeness (QED) is 0.334. The van der Waals surface area contributed by atoms with E-state index in [2.05, 4.69) is 0 Å². The molecule has 140 valence electrons. The first-order valence-corrected chi connectivity index (χ1v) is 9.51. The van der Waals surface area contributed by atoms with E-state index in [-0.39, 0.29) is 12.4 Å². The molecule has 0 unspecified atom stereocenters. The number of benzene rings is 3. The third-order valence-electron chi connectivity index (χ3n) is 3.90. The maximum atomic E-state index is 12.2. The fourth-order valence-electron chi connectivity index (χ4n) is 2.71. The standard InChI is InChI=1S/C21H13ClO5S/c22-17-9-5-4-8-15(17)16-10-14(11-18-20(16)27-21(24)28-18)26-19(23)12-25-13-6-2-1-3-7-13/h1-11H,12H2. The monoisotopic (exact) mass is 412 g/mol. The van der Waals surface area contributed by atoms with Crippen LogP contribution in [-0.4, -0.2) is 12.6 Å². The Bertz CT molecular complexity index is 1200. The highest BCUT2D eigenvalue weighted by atomic mass is 35.5. The molecular formula is C21H13ClO5S. The van der Waals surface area contributed by atoms with E-state index in [1.807, 2.05) is 24.3 Å². The molecule has 3 aromatic carbocycles. The van der Waals surface area contributed by atoms with Crippen molar-refractivity contribution >= 4 is 39.2 Å². The summed E-state index contributed by atoms with van der Waals surface area (Å²) in [5.74, 6) is 0.282. The van der Waals surface area contributed by atoms with Gasteiger partial charge in [0.2, 0.25) is 0 Å². The third kappa shape index (κ3) is 3.93. The van der Waals surface area contributed by atoms with E-state index in [9.17, 15) is 9.59 Å². The minimum atomic E-state index is -0.566. The van der Waals surface area contributed by atoms with Crippen LogP contribution in [0, 0.1) is 0 Å². The molecule has 28 heavy (non-hydrogen) atoms. The Labute approximate surface area is 168 Å². The highest BCUT2D eigenvalue weighted by Gasteiger charge is 2.16. The predicted octanol–water partition coefficient (Wildman–Crippen LogP) is 5.16. The summed E-state index contributed by atoms with van der Waals surface area (Å²) in [6.07, 6.45) is 0. The van der Waals surface area contributed by atoms with Crippen molar-refractivity contribution in [3.63, 3.8) is 0 Å². The Balaban J connectivity index is 1.63. The van der Waals surface area contributed by atoms with E-state index in [4.69, 9.17) is 25.5 Å². The van der Waals surface area contributed by atoms with Crippen LogP contribution in [0.15, 0.2) is 75.9 Å². The molecule has 4 aromatic rings. The number of carbonyl (C=O) groups excluding carboxylic acids is 1. The fraction of sp³-hybridized carbons (Fsp3) is 0.0476. The number of halogens is 1. The van der Waals surface area contributed by atoms with Gasteiger partial charge in [-0.2, -0.15) is 0 Å². The van der Waals surface area contributed by atoms with Gasteiger partial charge in [0, 0.05) is 22.2 Å². The van der Waals surface area contributed by atoms with Crippen LogP contribution in [0.3, 0.4) is 0 Å². The van der Waals surface area contributed by atoms with Crippen LogP contribution in [0.4, 0.5) is 0 Å². The summed E-state index contributed by atoms with van der Waals surface area (Å²) in [6, 6.07) is 19.4. The van der Waals surface area contributed by atoms with Gasteiger partial charge < -0.3 is 13.9 Å². The number of carbonyl (C=O) groups is 1. The number of esters is 1. The summed E-state index contributed by atoms with van der Waals surface area (Å²) in [5, 5.41) is 0.494. The summed E-state index contributed by atoms with van der Waals surface area (Å²) < 4.78 is 16.7. The Morgan fingerprint density at radius 2 is 1.71 bits per heavy atom. The molecule has 5 nitrogen and oxygen atoms in total. The number of rotatable bonds is 5. The van der Waals surface area contributed by atoms with Crippen molar-refractivity contribution in [3.05, 3.63) is 81.5 Å². The highest BCUT2D eigenvalue weighted by Crippen LogP contribution is 2.37. The molecule has 1 heterocycles. The van der Waals surface area contributed by atoms with E-state index in [1.165, 1.54) is 0 Å². The summed E-state index contributed by atoms with van der Waals surface area (Å²) in [4.78, 5) is 23.5. The van der Waals surface area contributed by atoms with E-state index < -0.39 is 10.9 Å². The van der Waals surface area contributed by atoms with Crippen molar-refractivity contribution in [1.29, 1.82) is 0 Å². The highest BCUT2D eigenvalue weighted by molar-refractivity contribution is 7.16. The third-order valence-corrected chi connectivity index (χ3v) is 5.01. The maximum absolute atomic E-state index is 12.2. The van der Waals surface area contributed by atoms with E-state index >= 15 is 0 Å². The van der Waals surface area contributed by atoms with Gasteiger partial charge in [0.1, 0.15) is 11.5 Å².